The smallest absolute Gasteiger partial charge is 0.278 e. The first-order valence-corrected chi connectivity index (χ1v) is 10.4. The lowest BCUT2D eigenvalue weighted by Crippen LogP contribution is -2.32. The van der Waals surface area contributed by atoms with E-state index >= 15 is 0 Å². The van der Waals surface area contributed by atoms with Gasteiger partial charge in [-0.25, -0.2) is 0 Å². The minimum Gasteiger partial charge on any atom is -0.497 e. The molecule has 1 aliphatic heterocycles. The molecule has 0 unspecified atom stereocenters. The Kier molecular flexibility index (Phi) is 6.22. The van der Waals surface area contributed by atoms with E-state index in [-0.39, 0.29) is 24.1 Å². The number of carbonyl (C=O) groups excluding carboxylic acids is 3. The molecule has 3 amide bonds. The van der Waals surface area contributed by atoms with Crippen molar-refractivity contribution in [1.82, 2.24) is 4.90 Å². The van der Waals surface area contributed by atoms with Crippen molar-refractivity contribution < 1.29 is 19.1 Å². The third-order valence-corrected chi connectivity index (χ3v) is 5.20. The summed E-state index contributed by atoms with van der Waals surface area (Å²) < 4.78 is 5.18. The van der Waals surface area contributed by atoms with E-state index in [1.54, 1.807) is 55.6 Å². The summed E-state index contributed by atoms with van der Waals surface area (Å²) in [7, 11) is 1.58. The minimum absolute atomic E-state index is 0.143. The highest BCUT2D eigenvalue weighted by Crippen LogP contribution is 2.32. The fraction of sp³-hybridized carbons (Fsp3) is 0.115. The molecule has 0 aromatic heterocycles. The second-order valence-electron chi connectivity index (χ2n) is 7.54. The van der Waals surface area contributed by atoms with Gasteiger partial charge in [0.25, 0.3) is 11.8 Å². The molecule has 0 radical (unpaired) electrons. The lowest BCUT2D eigenvalue weighted by Gasteiger charge is -2.16. The predicted octanol–water partition coefficient (Wildman–Crippen LogP) is 4.05. The van der Waals surface area contributed by atoms with Gasteiger partial charge in [0.1, 0.15) is 11.4 Å². The van der Waals surface area contributed by atoms with Gasteiger partial charge >= 0.3 is 0 Å². The van der Waals surface area contributed by atoms with Gasteiger partial charge in [0.2, 0.25) is 5.91 Å². The molecular weight excluding hydrogens is 418 g/mol. The second kappa shape index (κ2) is 9.40. The van der Waals surface area contributed by atoms with Crippen LogP contribution in [-0.4, -0.2) is 29.7 Å². The summed E-state index contributed by atoms with van der Waals surface area (Å²) in [5.41, 5.74) is 3.27. The number of rotatable bonds is 7. The van der Waals surface area contributed by atoms with E-state index in [4.69, 9.17) is 4.74 Å². The SMILES string of the molecule is COc1ccc(CN2C(=O)C(Nc3ccc(NC(C)=O)cc3)=C(c3ccccc3)C2=O)cc1. The molecule has 4 rings (SSSR count). The average molecular weight is 441 g/mol. The first kappa shape index (κ1) is 21.8. The first-order chi connectivity index (χ1) is 16.0. The van der Waals surface area contributed by atoms with Crippen LogP contribution in [0.15, 0.2) is 84.6 Å². The van der Waals surface area contributed by atoms with Gasteiger partial charge in [-0.1, -0.05) is 42.5 Å². The maximum atomic E-state index is 13.4. The van der Waals surface area contributed by atoms with Crippen molar-refractivity contribution in [3.05, 3.63) is 95.7 Å². The highest BCUT2D eigenvalue weighted by molar-refractivity contribution is 6.36. The Bertz CT molecular complexity index is 1220. The highest BCUT2D eigenvalue weighted by atomic mass is 16.5. The van der Waals surface area contributed by atoms with Crippen molar-refractivity contribution in [2.45, 2.75) is 13.5 Å². The first-order valence-electron chi connectivity index (χ1n) is 10.4. The van der Waals surface area contributed by atoms with Crippen LogP contribution in [0.25, 0.3) is 5.57 Å². The molecule has 0 saturated heterocycles. The van der Waals surface area contributed by atoms with Crippen LogP contribution in [0.2, 0.25) is 0 Å². The standard InChI is InChI=1S/C26H23N3O4/c1-17(30)27-20-10-12-21(13-11-20)28-24-23(19-6-4-3-5-7-19)25(31)29(26(24)32)16-18-8-14-22(33-2)15-9-18/h3-15,28H,16H2,1-2H3,(H,27,30). The van der Waals surface area contributed by atoms with Crippen molar-refractivity contribution in [1.29, 1.82) is 0 Å². The Morgan fingerprint density at radius 3 is 2.09 bits per heavy atom. The maximum Gasteiger partial charge on any atom is 0.278 e. The summed E-state index contributed by atoms with van der Waals surface area (Å²) in [6.45, 7) is 1.58. The summed E-state index contributed by atoms with van der Waals surface area (Å²) in [5.74, 6) is -0.235. The molecule has 0 bridgehead atoms. The minimum atomic E-state index is -0.402. The number of imide groups is 1. The highest BCUT2D eigenvalue weighted by Gasteiger charge is 2.39. The zero-order valence-corrected chi connectivity index (χ0v) is 18.3. The Hall–Kier alpha value is -4.39. The molecule has 7 nitrogen and oxygen atoms in total. The molecule has 166 valence electrons. The van der Waals surface area contributed by atoms with Crippen LogP contribution in [0.5, 0.6) is 5.75 Å². The molecule has 3 aromatic carbocycles. The zero-order chi connectivity index (χ0) is 23.4. The number of benzene rings is 3. The number of amides is 3. The summed E-state index contributed by atoms with van der Waals surface area (Å²) in [5, 5.41) is 5.82. The largest absolute Gasteiger partial charge is 0.497 e. The second-order valence-corrected chi connectivity index (χ2v) is 7.54. The van der Waals surface area contributed by atoms with E-state index in [1.807, 2.05) is 30.3 Å². The molecule has 0 spiro atoms. The van der Waals surface area contributed by atoms with Crippen LogP contribution < -0.4 is 15.4 Å². The Labute approximate surface area is 191 Å². The molecule has 2 N–H and O–H groups in total. The number of ether oxygens (including phenoxy) is 1. The van der Waals surface area contributed by atoms with Gasteiger partial charge in [-0.3, -0.25) is 19.3 Å². The summed E-state index contributed by atoms with van der Waals surface area (Å²) in [4.78, 5) is 39.2. The van der Waals surface area contributed by atoms with Gasteiger partial charge in [-0.05, 0) is 47.5 Å². The monoisotopic (exact) mass is 441 g/mol. The number of anilines is 2. The van der Waals surface area contributed by atoms with Crippen molar-refractivity contribution in [3.63, 3.8) is 0 Å². The molecule has 1 heterocycles. The molecule has 7 heteroatoms. The molecule has 33 heavy (non-hydrogen) atoms. The predicted molar refractivity (Wildman–Crippen MR) is 126 cm³/mol. The average Bonchev–Trinajstić information content (AvgIpc) is 3.05. The van der Waals surface area contributed by atoms with Crippen LogP contribution in [0.4, 0.5) is 11.4 Å². The fourth-order valence-corrected chi connectivity index (χ4v) is 3.61. The van der Waals surface area contributed by atoms with Crippen LogP contribution in [-0.2, 0) is 20.9 Å². The van der Waals surface area contributed by atoms with E-state index in [2.05, 4.69) is 10.6 Å². The van der Waals surface area contributed by atoms with E-state index in [9.17, 15) is 14.4 Å². The number of nitrogens with one attached hydrogen (secondary N) is 2. The van der Waals surface area contributed by atoms with Crippen LogP contribution >= 0.6 is 0 Å². The van der Waals surface area contributed by atoms with E-state index in [1.165, 1.54) is 11.8 Å². The van der Waals surface area contributed by atoms with Crippen molar-refractivity contribution in [3.8, 4) is 5.75 Å². The molecule has 0 fully saturated rings. The number of carbonyl (C=O) groups is 3. The van der Waals surface area contributed by atoms with Gasteiger partial charge in [0.05, 0.1) is 19.2 Å². The quantitative estimate of drug-likeness (QED) is 0.540. The van der Waals surface area contributed by atoms with E-state index in [0.29, 0.717) is 28.3 Å². The normalized spacial score (nSPS) is 13.3. The Balaban J connectivity index is 1.64. The maximum absolute atomic E-state index is 13.4. The number of hydrogen-bond donors (Lipinski definition) is 2. The fourth-order valence-electron chi connectivity index (χ4n) is 3.61. The third kappa shape index (κ3) is 4.77. The van der Waals surface area contributed by atoms with Crippen molar-refractivity contribution in [2.24, 2.45) is 0 Å². The van der Waals surface area contributed by atoms with Crippen LogP contribution in [0.3, 0.4) is 0 Å². The van der Waals surface area contributed by atoms with E-state index < -0.39 is 5.91 Å². The van der Waals surface area contributed by atoms with E-state index in [0.717, 1.165) is 5.56 Å². The van der Waals surface area contributed by atoms with Crippen LogP contribution in [0, 0.1) is 0 Å². The van der Waals surface area contributed by atoms with Crippen molar-refractivity contribution in [2.75, 3.05) is 17.7 Å². The third-order valence-electron chi connectivity index (χ3n) is 5.20. The van der Waals surface area contributed by atoms with Gasteiger partial charge in [0, 0.05) is 18.3 Å². The van der Waals surface area contributed by atoms with Gasteiger partial charge < -0.3 is 15.4 Å². The van der Waals surface area contributed by atoms with Crippen molar-refractivity contribution >= 4 is 34.7 Å². The lowest BCUT2D eigenvalue weighted by atomic mass is 10.0. The van der Waals surface area contributed by atoms with Gasteiger partial charge in [-0.15, -0.1) is 0 Å². The van der Waals surface area contributed by atoms with Gasteiger partial charge in [0.15, 0.2) is 0 Å². The van der Waals surface area contributed by atoms with Gasteiger partial charge in [-0.2, -0.15) is 0 Å². The molecule has 3 aromatic rings. The lowest BCUT2D eigenvalue weighted by molar-refractivity contribution is -0.137. The molecule has 0 atom stereocenters. The summed E-state index contributed by atoms with van der Waals surface area (Å²) >= 11 is 0. The molecular formula is C26H23N3O4. The summed E-state index contributed by atoms with van der Waals surface area (Å²) in [6.07, 6.45) is 0. The molecule has 0 saturated carbocycles. The number of hydrogen-bond acceptors (Lipinski definition) is 5. The van der Waals surface area contributed by atoms with Crippen LogP contribution in [0.1, 0.15) is 18.1 Å². The molecule has 0 aliphatic carbocycles. The topological polar surface area (TPSA) is 87.7 Å². The summed E-state index contributed by atoms with van der Waals surface area (Å²) in [6, 6.07) is 23.3. The number of nitrogens with zero attached hydrogens (tertiary/aromatic N) is 1. The Morgan fingerprint density at radius 2 is 1.48 bits per heavy atom. The zero-order valence-electron chi connectivity index (χ0n) is 18.3. The molecule has 1 aliphatic rings. The Morgan fingerprint density at radius 1 is 0.848 bits per heavy atom. The number of methoxy groups -OCH3 is 1.